The molecule has 0 aromatic carbocycles. The third-order valence-corrected chi connectivity index (χ3v) is 1.80. The van der Waals surface area contributed by atoms with Crippen LogP contribution < -0.4 is 0 Å². The molecule has 1 heterocycles. The highest BCUT2D eigenvalue weighted by Crippen LogP contribution is 2.12. The van der Waals surface area contributed by atoms with Crippen molar-refractivity contribution < 1.29 is 14.6 Å². The lowest BCUT2D eigenvalue weighted by Crippen LogP contribution is -2.22. The van der Waals surface area contributed by atoms with Crippen molar-refractivity contribution in [3.05, 3.63) is 0 Å². The highest BCUT2D eigenvalue weighted by molar-refractivity contribution is 5.25. The van der Waals surface area contributed by atoms with Gasteiger partial charge in [0.15, 0.2) is 6.29 Å². The summed E-state index contributed by atoms with van der Waals surface area (Å²) in [5, 5.41) is 8.33. The Morgan fingerprint density at radius 1 is 1.29 bits per heavy atom. The number of hydrogen-bond donors (Lipinski definition) is 1. The van der Waals surface area contributed by atoms with Crippen molar-refractivity contribution in [2.75, 3.05) is 19.8 Å². The van der Waals surface area contributed by atoms with E-state index < -0.39 is 0 Å². The monoisotopic (exact) mass is 194 g/mol. The maximum absolute atomic E-state index is 8.33. The minimum absolute atomic E-state index is 0.0937. The lowest BCUT2D eigenvalue weighted by molar-refractivity contribution is -0.154. The molecule has 1 aliphatic rings. The molecule has 76 valence electrons. The fraction of sp³-hybridized carbons (Fsp3) is 0.636. The van der Waals surface area contributed by atoms with Gasteiger partial charge in [0, 0.05) is 6.61 Å². The van der Waals surface area contributed by atoms with Crippen molar-refractivity contribution in [3.63, 3.8) is 0 Å². The zero-order valence-corrected chi connectivity index (χ0v) is 8.08. The average Bonchev–Trinajstić information content (AvgIpc) is 2.25. The maximum atomic E-state index is 8.33. The van der Waals surface area contributed by atoms with Crippen LogP contribution in [0.2, 0.25) is 0 Å². The summed E-state index contributed by atoms with van der Waals surface area (Å²) in [6, 6.07) is 0. The fourth-order valence-electron chi connectivity index (χ4n) is 1.14. The van der Waals surface area contributed by atoms with Crippen molar-refractivity contribution >= 4 is 0 Å². The molecule has 0 spiro atoms. The molecule has 1 rings (SSSR count). The van der Waals surface area contributed by atoms with Crippen molar-refractivity contribution in [2.24, 2.45) is 0 Å². The predicted molar refractivity (Wildman–Crippen MR) is 52.2 cm³/mol. The molecule has 1 aliphatic heterocycles. The van der Waals surface area contributed by atoms with Crippen molar-refractivity contribution in [2.45, 2.75) is 25.6 Å². The van der Waals surface area contributed by atoms with Gasteiger partial charge in [-0.05, 0) is 31.1 Å². The third kappa shape index (κ3) is 4.89. The average molecular weight is 194 g/mol. The lowest BCUT2D eigenvalue weighted by atomic mass is 10.2. The van der Waals surface area contributed by atoms with Crippen LogP contribution in [0.1, 0.15) is 19.3 Å². The predicted octanol–water partition coefficient (Wildman–Crippen LogP) is 0.529. The Morgan fingerprint density at radius 3 is 2.86 bits per heavy atom. The Labute approximate surface area is 84.4 Å². The van der Waals surface area contributed by atoms with E-state index in [1.807, 2.05) is 0 Å². The Bertz CT molecular complexity index is 258. The van der Waals surface area contributed by atoms with Crippen LogP contribution in [0, 0.1) is 23.7 Å². The van der Waals surface area contributed by atoms with Gasteiger partial charge in [-0.3, -0.25) is 0 Å². The number of hydrogen-bond acceptors (Lipinski definition) is 3. The first-order valence-corrected chi connectivity index (χ1v) is 4.73. The molecule has 0 aliphatic carbocycles. The number of aliphatic hydroxyl groups excluding tert-OH is 1. The molecule has 1 saturated heterocycles. The summed E-state index contributed by atoms with van der Waals surface area (Å²) in [6.45, 7) is 0.967. The van der Waals surface area contributed by atoms with Gasteiger partial charge in [0.25, 0.3) is 0 Å². The van der Waals surface area contributed by atoms with E-state index in [4.69, 9.17) is 14.6 Å². The first kappa shape index (κ1) is 11.1. The minimum atomic E-state index is -0.152. The minimum Gasteiger partial charge on any atom is -0.384 e. The summed E-state index contributed by atoms with van der Waals surface area (Å²) >= 11 is 0. The van der Waals surface area contributed by atoms with Gasteiger partial charge in [0.05, 0.1) is 0 Å². The van der Waals surface area contributed by atoms with E-state index in [2.05, 4.69) is 23.7 Å². The molecule has 0 amide bonds. The van der Waals surface area contributed by atoms with Gasteiger partial charge in [0.2, 0.25) is 0 Å². The van der Waals surface area contributed by atoms with Gasteiger partial charge in [-0.15, -0.1) is 0 Å². The van der Waals surface area contributed by atoms with Crippen molar-refractivity contribution in [3.8, 4) is 23.7 Å². The van der Waals surface area contributed by atoms with Gasteiger partial charge in [-0.2, -0.15) is 0 Å². The fourth-order valence-corrected chi connectivity index (χ4v) is 1.14. The molecule has 14 heavy (non-hydrogen) atoms. The largest absolute Gasteiger partial charge is 0.384 e. The van der Waals surface area contributed by atoms with Crippen LogP contribution in [-0.4, -0.2) is 31.2 Å². The molecule has 1 fully saturated rings. The van der Waals surface area contributed by atoms with E-state index in [1.165, 1.54) is 0 Å². The van der Waals surface area contributed by atoms with E-state index in [9.17, 15) is 0 Å². The molecule has 0 bridgehead atoms. The zero-order chi connectivity index (χ0) is 10.1. The smallest absolute Gasteiger partial charge is 0.158 e. The van der Waals surface area contributed by atoms with Crippen molar-refractivity contribution in [1.82, 2.24) is 0 Å². The first-order chi connectivity index (χ1) is 6.93. The highest BCUT2D eigenvalue weighted by Gasteiger charge is 2.12. The van der Waals surface area contributed by atoms with Crippen LogP contribution in [0.5, 0.6) is 0 Å². The molecule has 0 saturated carbocycles. The van der Waals surface area contributed by atoms with Crippen LogP contribution in [0.4, 0.5) is 0 Å². The molecule has 1 atom stereocenters. The molecule has 0 aromatic heterocycles. The zero-order valence-electron chi connectivity index (χ0n) is 8.08. The molecule has 1 N–H and O–H groups in total. The number of rotatable bonds is 2. The van der Waals surface area contributed by atoms with E-state index in [-0.39, 0.29) is 12.9 Å². The Hall–Kier alpha value is -1.00. The number of aliphatic hydroxyl groups is 1. The van der Waals surface area contributed by atoms with Crippen molar-refractivity contribution in [1.29, 1.82) is 0 Å². The summed E-state index contributed by atoms with van der Waals surface area (Å²) in [4.78, 5) is 0. The summed E-state index contributed by atoms with van der Waals surface area (Å²) in [7, 11) is 0. The highest BCUT2D eigenvalue weighted by atomic mass is 16.7. The summed E-state index contributed by atoms with van der Waals surface area (Å²) in [5.74, 6) is 10.2. The Balaban J connectivity index is 2.09. The first-order valence-electron chi connectivity index (χ1n) is 4.73. The molecular weight excluding hydrogens is 180 g/mol. The van der Waals surface area contributed by atoms with Crippen LogP contribution in [0.15, 0.2) is 0 Å². The van der Waals surface area contributed by atoms with Gasteiger partial charge in [0.1, 0.15) is 13.2 Å². The molecule has 0 aromatic rings. The SMILES string of the molecule is OCC#CC#CCOC1CCCCO1. The Kier molecular flexibility index (Phi) is 5.86. The van der Waals surface area contributed by atoms with E-state index >= 15 is 0 Å². The topological polar surface area (TPSA) is 38.7 Å². The molecule has 3 heteroatoms. The van der Waals surface area contributed by atoms with E-state index in [0.717, 1.165) is 25.9 Å². The van der Waals surface area contributed by atoms with Crippen LogP contribution in [0.25, 0.3) is 0 Å². The second-order valence-electron chi connectivity index (χ2n) is 2.87. The van der Waals surface area contributed by atoms with Gasteiger partial charge >= 0.3 is 0 Å². The Morgan fingerprint density at radius 2 is 2.14 bits per heavy atom. The van der Waals surface area contributed by atoms with E-state index in [1.54, 1.807) is 0 Å². The molecule has 1 unspecified atom stereocenters. The summed E-state index contributed by atoms with van der Waals surface area (Å²) in [6.07, 6.45) is 3.13. The van der Waals surface area contributed by atoms with Crippen LogP contribution in [0.3, 0.4) is 0 Å². The summed E-state index contributed by atoms with van der Waals surface area (Å²) in [5.41, 5.74) is 0. The quantitative estimate of drug-likeness (QED) is 0.652. The van der Waals surface area contributed by atoms with E-state index in [0.29, 0.717) is 6.61 Å². The summed E-state index contributed by atoms with van der Waals surface area (Å²) < 4.78 is 10.7. The molecule has 3 nitrogen and oxygen atoms in total. The van der Waals surface area contributed by atoms with Crippen LogP contribution >= 0.6 is 0 Å². The normalized spacial score (nSPS) is 20.2. The van der Waals surface area contributed by atoms with Gasteiger partial charge in [-0.1, -0.05) is 11.8 Å². The maximum Gasteiger partial charge on any atom is 0.158 e. The van der Waals surface area contributed by atoms with Crippen LogP contribution in [-0.2, 0) is 9.47 Å². The lowest BCUT2D eigenvalue weighted by Gasteiger charge is -2.21. The second-order valence-corrected chi connectivity index (χ2v) is 2.87. The number of ether oxygens (including phenoxy) is 2. The molecular formula is C11H14O3. The third-order valence-electron chi connectivity index (χ3n) is 1.80. The standard InChI is InChI=1S/C11H14O3/c12-8-4-1-2-5-9-13-11-7-3-6-10-14-11/h11-12H,3,6-10H2. The van der Waals surface area contributed by atoms with Gasteiger partial charge < -0.3 is 14.6 Å². The molecule has 0 radical (unpaired) electrons. The second kappa shape index (κ2) is 7.41. The van der Waals surface area contributed by atoms with Gasteiger partial charge in [-0.25, -0.2) is 0 Å².